The Bertz CT molecular complexity index is 1210. The number of nitrogens with one attached hydrogen (secondary N) is 1. The third kappa shape index (κ3) is 2.87. The Kier molecular flexibility index (Phi) is 4.47. The number of carbonyl (C=O) groups excluding carboxylic acids is 1. The summed E-state index contributed by atoms with van der Waals surface area (Å²) in [6.07, 6.45) is 1.97. The van der Waals surface area contributed by atoms with E-state index in [-0.39, 0.29) is 25.8 Å². The third-order valence-electron chi connectivity index (χ3n) is 5.81. The summed E-state index contributed by atoms with van der Waals surface area (Å²) in [4.78, 5) is 16.3. The second-order valence-electron chi connectivity index (χ2n) is 8.03. The van der Waals surface area contributed by atoms with Crippen molar-refractivity contribution in [3.63, 3.8) is 0 Å². The van der Waals surface area contributed by atoms with Gasteiger partial charge in [0.05, 0.1) is 0 Å². The molecule has 5 rings (SSSR count). The van der Waals surface area contributed by atoms with Gasteiger partial charge in [-0.1, -0.05) is 0 Å². The van der Waals surface area contributed by atoms with Crippen LogP contribution in [0.4, 0.5) is 15.9 Å². The van der Waals surface area contributed by atoms with Crippen molar-refractivity contribution in [1.82, 2.24) is 10.2 Å². The Morgan fingerprint density at radius 1 is 1.03 bits per heavy atom. The number of amides is 1. The molecule has 2 aliphatic rings. The van der Waals surface area contributed by atoms with E-state index in [9.17, 15) is 4.79 Å². The van der Waals surface area contributed by atoms with Gasteiger partial charge in [-0.3, -0.25) is 0 Å². The van der Waals surface area contributed by atoms with Gasteiger partial charge in [-0.2, -0.15) is 0 Å². The molecule has 2 aliphatic heterocycles. The molecule has 1 amide bonds. The molecule has 30 heavy (non-hydrogen) atoms. The first-order valence-electron chi connectivity index (χ1n) is 9.77. The Hall–Kier alpha value is -2.66. The van der Waals surface area contributed by atoms with Crippen molar-refractivity contribution in [3.05, 3.63) is 81.9 Å². The van der Waals surface area contributed by atoms with E-state index in [0.29, 0.717) is 10.8 Å². The molecule has 0 atom stereocenters. The fraction of sp³-hybridized carbons (Fsp3) is 0.167. The van der Waals surface area contributed by atoms with E-state index in [1.165, 1.54) is 30.7 Å². The van der Waals surface area contributed by atoms with E-state index < -0.39 is 0 Å². The zero-order chi connectivity index (χ0) is 21.0. The summed E-state index contributed by atoms with van der Waals surface area (Å²) in [7, 11) is 1.70. The van der Waals surface area contributed by atoms with Crippen molar-refractivity contribution in [2.24, 2.45) is 0 Å². The third-order valence-corrected chi connectivity index (χ3v) is 8.42. The maximum atomic E-state index is 12.5. The molecule has 0 bridgehead atoms. The van der Waals surface area contributed by atoms with Crippen LogP contribution in [0.5, 0.6) is 0 Å². The van der Waals surface area contributed by atoms with Gasteiger partial charge in [0.15, 0.2) is 0 Å². The van der Waals surface area contributed by atoms with Crippen molar-refractivity contribution >= 4 is 59.8 Å². The molecule has 1 saturated heterocycles. The van der Waals surface area contributed by atoms with E-state index in [4.69, 9.17) is 12.2 Å². The quantitative estimate of drug-likeness (QED) is 0.333. The summed E-state index contributed by atoms with van der Waals surface area (Å²) in [5.74, 6) is -0.0796. The van der Waals surface area contributed by atoms with Crippen LogP contribution in [0.15, 0.2) is 66.4 Å². The first kappa shape index (κ1) is 19.3. The summed E-state index contributed by atoms with van der Waals surface area (Å²) in [6.45, 7) is 4.57. The first-order valence-corrected chi connectivity index (χ1v) is 11.9. The van der Waals surface area contributed by atoms with Crippen molar-refractivity contribution in [2.45, 2.75) is 19.3 Å². The number of hydrogen-bond donors (Lipinski definition) is 1. The molecule has 3 heterocycles. The van der Waals surface area contributed by atoms with Crippen molar-refractivity contribution < 1.29 is 4.79 Å². The Morgan fingerprint density at radius 3 is 2.43 bits per heavy atom. The number of hydrogen-bond acceptors (Lipinski definition) is 3. The minimum absolute atomic E-state index is 0.0632. The molecule has 0 radical (unpaired) electrons. The Morgan fingerprint density at radius 2 is 1.73 bits per heavy atom. The molecule has 1 aromatic heterocycles. The van der Waals surface area contributed by atoms with Gasteiger partial charge in [-0.25, -0.2) is 0 Å². The number of fused-ring (bicyclic) bond motifs is 2. The standard InChI is InChI=1S/C24H21N3OSSe/c1-24(2)17-11-7-8-12-20(17)27(15-9-5-4-6-10-15)22-18(24)13-16(30-22)14-19-21(28)26(3)23(29)25-19/h4-14H,1-3H3,(H,25,29)/b19-14+. The zero-order valence-corrected chi connectivity index (χ0v) is 19.5. The van der Waals surface area contributed by atoms with Crippen LogP contribution >= 0.6 is 12.2 Å². The van der Waals surface area contributed by atoms with Gasteiger partial charge in [0.1, 0.15) is 0 Å². The molecule has 0 unspecified atom stereocenters. The fourth-order valence-electron chi connectivity index (χ4n) is 4.14. The summed E-state index contributed by atoms with van der Waals surface area (Å²) in [5, 5.41) is 3.50. The molecule has 2 aromatic carbocycles. The van der Waals surface area contributed by atoms with Gasteiger partial charge in [-0.15, -0.1) is 0 Å². The van der Waals surface area contributed by atoms with Gasteiger partial charge in [0.25, 0.3) is 0 Å². The van der Waals surface area contributed by atoms with Gasteiger partial charge < -0.3 is 0 Å². The monoisotopic (exact) mass is 479 g/mol. The predicted molar refractivity (Wildman–Crippen MR) is 127 cm³/mol. The van der Waals surface area contributed by atoms with E-state index in [0.717, 1.165) is 5.69 Å². The number of thiocarbonyl (C=S) groups is 1. The average molecular weight is 478 g/mol. The number of rotatable bonds is 2. The van der Waals surface area contributed by atoms with Gasteiger partial charge in [-0.05, 0) is 0 Å². The summed E-state index contributed by atoms with van der Waals surface area (Å²) in [6, 6.07) is 21.4. The van der Waals surface area contributed by atoms with Crippen LogP contribution in [0, 0.1) is 0 Å². The van der Waals surface area contributed by atoms with Crippen molar-refractivity contribution in [1.29, 1.82) is 0 Å². The maximum absolute atomic E-state index is 12.5. The summed E-state index contributed by atoms with van der Waals surface area (Å²) >= 11 is 5.29. The van der Waals surface area contributed by atoms with E-state index in [2.05, 4.69) is 78.7 Å². The van der Waals surface area contributed by atoms with Crippen LogP contribution in [0.2, 0.25) is 0 Å². The van der Waals surface area contributed by atoms with Crippen LogP contribution in [0.25, 0.3) is 6.08 Å². The summed E-state index contributed by atoms with van der Waals surface area (Å²) in [5.41, 5.74) is 5.46. The molecule has 0 saturated carbocycles. The molecule has 150 valence electrons. The van der Waals surface area contributed by atoms with E-state index >= 15 is 0 Å². The van der Waals surface area contributed by atoms with Crippen LogP contribution in [0.1, 0.15) is 29.4 Å². The molecular formula is C24H21N3OSSe. The fourth-order valence-corrected chi connectivity index (χ4v) is 7.05. The van der Waals surface area contributed by atoms with Crippen LogP contribution in [-0.2, 0) is 10.2 Å². The van der Waals surface area contributed by atoms with Crippen LogP contribution in [-0.4, -0.2) is 37.5 Å². The molecule has 1 N–H and O–H groups in total. The Balaban J connectivity index is 1.69. The SMILES string of the molecule is CN1C(=O)/C(=C\c2cc3c([se]2)N(c2ccccc2)c2ccccc2C3(C)C)NC1=S. The van der Waals surface area contributed by atoms with Gasteiger partial charge >= 0.3 is 188 Å². The van der Waals surface area contributed by atoms with Crippen LogP contribution in [0.3, 0.4) is 0 Å². The first-order chi connectivity index (χ1) is 14.4. The number of benzene rings is 2. The molecule has 1 fully saturated rings. The normalized spacial score (nSPS) is 18.4. The summed E-state index contributed by atoms with van der Waals surface area (Å²) < 4.78 is 2.49. The average Bonchev–Trinajstić information content (AvgIpc) is 3.27. The van der Waals surface area contributed by atoms with Crippen molar-refractivity contribution in [3.8, 4) is 0 Å². The number of likely N-dealkylation sites (N-methyl/N-ethyl adjacent to an activating group) is 1. The topological polar surface area (TPSA) is 35.6 Å². The zero-order valence-electron chi connectivity index (χ0n) is 17.0. The molecule has 4 nitrogen and oxygen atoms in total. The Labute approximate surface area is 187 Å². The van der Waals surface area contributed by atoms with E-state index in [1.807, 2.05) is 12.1 Å². The second kappa shape index (κ2) is 6.95. The van der Waals surface area contributed by atoms with Crippen molar-refractivity contribution in [2.75, 3.05) is 11.9 Å². The molecular weight excluding hydrogens is 457 g/mol. The predicted octanol–water partition coefficient (Wildman–Crippen LogP) is 4.54. The molecule has 6 heteroatoms. The second-order valence-corrected chi connectivity index (χ2v) is 10.6. The van der Waals surface area contributed by atoms with Gasteiger partial charge in [0, 0.05) is 0 Å². The minimum atomic E-state index is -0.113. The number of para-hydroxylation sites is 2. The number of carbonyl (C=O) groups is 1. The molecule has 0 aliphatic carbocycles. The molecule has 3 aromatic rings. The van der Waals surface area contributed by atoms with Gasteiger partial charge in [0.2, 0.25) is 0 Å². The number of nitrogens with zero attached hydrogens (tertiary/aromatic N) is 2. The molecule has 0 spiro atoms. The van der Waals surface area contributed by atoms with Crippen LogP contribution < -0.4 is 10.2 Å². The number of anilines is 3. The van der Waals surface area contributed by atoms with E-state index in [1.54, 1.807) is 7.05 Å².